The van der Waals surface area contributed by atoms with Gasteiger partial charge in [-0.15, -0.1) is 11.3 Å². The minimum absolute atomic E-state index is 0.416. The lowest BCUT2D eigenvalue weighted by atomic mass is 10.3. The van der Waals surface area contributed by atoms with Gasteiger partial charge in [0.1, 0.15) is 18.2 Å². The van der Waals surface area contributed by atoms with Crippen LogP contribution in [0.4, 0.5) is 11.6 Å². The summed E-state index contributed by atoms with van der Waals surface area (Å²) in [6, 6.07) is 6.15. The van der Waals surface area contributed by atoms with E-state index in [2.05, 4.69) is 38.1 Å². The molecule has 0 fully saturated rings. The predicted octanol–water partition coefficient (Wildman–Crippen LogP) is 2.77. The monoisotopic (exact) mass is 292 g/mol. The van der Waals surface area contributed by atoms with E-state index in [9.17, 15) is 0 Å². The van der Waals surface area contributed by atoms with Gasteiger partial charge in [-0.3, -0.25) is 0 Å². The zero-order chi connectivity index (χ0) is 14.2. The Hall–Kier alpha value is -1.66. The first-order valence-corrected chi connectivity index (χ1v) is 7.56. The molecule has 5 nitrogen and oxygen atoms in total. The van der Waals surface area contributed by atoms with Gasteiger partial charge >= 0.3 is 0 Å². The highest BCUT2D eigenvalue weighted by Crippen LogP contribution is 2.13. The molecule has 0 amide bonds. The van der Waals surface area contributed by atoms with Crippen molar-refractivity contribution in [1.82, 2.24) is 9.97 Å². The van der Waals surface area contributed by atoms with Gasteiger partial charge < -0.3 is 15.4 Å². The first kappa shape index (κ1) is 14.7. The van der Waals surface area contributed by atoms with Crippen molar-refractivity contribution in [3.63, 3.8) is 0 Å². The molecule has 2 aromatic rings. The van der Waals surface area contributed by atoms with E-state index in [1.54, 1.807) is 18.4 Å². The van der Waals surface area contributed by atoms with E-state index in [0.717, 1.165) is 31.1 Å². The highest BCUT2D eigenvalue weighted by molar-refractivity contribution is 7.09. The molecule has 0 radical (unpaired) electrons. The van der Waals surface area contributed by atoms with Gasteiger partial charge in [0.25, 0.3) is 0 Å². The number of ether oxygens (including phenoxy) is 1. The Balaban J connectivity index is 1.97. The average molecular weight is 292 g/mol. The number of anilines is 2. The van der Waals surface area contributed by atoms with Crippen LogP contribution >= 0.6 is 11.3 Å². The molecule has 0 aliphatic rings. The predicted molar refractivity (Wildman–Crippen MR) is 83.4 cm³/mol. The van der Waals surface area contributed by atoms with Crippen LogP contribution in [0, 0.1) is 0 Å². The fourth-order valence-corrected chi connectivity index (χ4v) is 2.53. The van der Waals surface area contributed by atoms with Gasteiger partial charge in [0.05, 0.1) is 0 Å². The van der Waals surface area contributed by atoms with Crippen molar-refractivity contribution in [1.29, 1.82) is 0 Å². The smallest absolute Gasteiger partial charge is 0.158 e. The van der Waals surface area contributed by atoms with Crippen molar-refractivity contribution in [2.45, 2.75) is 20.0 Å². The van der Waals surface area contributed by atoms with Crippen LogP contribution in [0.2, 0.25) is 0 Å². The Bertz CT molecular complexity index is 492. The summed E-state index contributed by atoms with van der Waals surface area (Å²) in [5, 5.41) is 8.64. The highest BCUT2D eigenvalue weighted by Gasteiger charge is 2.04. The second-order valence-corrected chi connectivity index (χ2v) is 5.31. The first-order chi connectivity index (χ1) is 9.81. The summed E-state index contributed by atoms with van der Waals surface area (Å²) in [5.41, 5.74) is 0. The van der Waals surface area contributed by atoms with E-state index in [1.807, 2.05) is 13.0 Å². The van der Waals surface area contributed by atoms with Gasteiger partial charge in [0.2, 0.25) is 0 Å². The maximum absolute atomic E-state index is 5.10. The van der Waals surface area contributed by atoms with Gasteiger partial charge in [-0.25, -0.2) is 9.97 Å². The van der Waals surface area contributed by atoms with Crippen LogP contribution in [0.5, 0.6) is 0 Å². The largest absolute Gasteiger partial charge is 0.377 e. The van der Waals surface area contributed by atoms with Crippen LogP contribution in [0.25, 0.3) is 0 Å². The number of rotatable bonds is 8. The molecule has 108 valence electrons. The molecule has 0 saturated heterocycles. The standard InChI is InChI=1S/C14H20N4OS/c1-3-15-12-9-13(18-14(17-12)10-19-2)16-7-6-11-5-4-8-20-11/h4-5,8-9H,3,6-7,10H2,1-2H3,(H2,15,16,17,18). The maximum Gasteiger partial charge on any atom is 0.158 e. The lowest BCUT2D eigenvalue weighted by Crippen LogP contribution is -2.10. The third kappa shape index (κ3) is 4.47. The molecule has 0 unspecified atom stereocenters. The molecule has 2 N–H and O–H groups in total. The van der Waals surface area contributed by atoms with Crippen LogP contribution in [0.15, 0.2) is 23.6 Å². The van der Waals surface area contributed by atoms with Crippen LogP contribution in [-0.2, 0) is 17.8 Å². The summed E-state index contributed by atoms with van der Waals surface area (Å²) in [4.78, 5) is 10.2. The van der Waals surface area contributed by atoms with Crippen molar-refractivity contribution < 1.29 is 4.74 Å². The molecule has 0 aliphatic carbocycles. The molecule has 20 heavy (non-hydrogen) atoms. The number of thiophene rings is 1. The molecular formula is C14H20N4OS. The second-order valence-electron chi connectivity index (χ2n) is 4.27. The molecule has 0 aliphatic heterocycles. The van der Waals surface area contributed by atoms with Crippen molar-refractivity contribution in [2.75, 3.05) is 30.8 Å². The normalized spacial score (nSPS) is 10.5. The minimum atomic E-state index is 0.416. The van der Waals surface area contributed by atoms with Crippen LogP contribution in [0.3, 0.4) is 0 Å². The topological polar surface area (TPSA) is 59.1 Å². The molecule has 0 spiro atoms. The molecule has 0 aromatic carbocycles. The van der Waals surface area contributed by atoms with Gasteiger partial charge in [-0.05, 0) is 24.8 Å². The Morgan fingerprint density at radius 2 is 2.05 bits per heavy atom. The highest BCUT2D eigenvalue weighted by atomic mass is 32.1. The third-order valence-electron chi connectivity index (χ3n) is 2.66. The summed E-state index contributed by atoms with van der Waals surface area (Å²) in [5.74, 6) is 2.34. The lowest BCUT2D eigenvalue weighted by Gasteiger charge is -2.10. The summed E-state index contributed by atoms with van der Waals surface area (Å²) in [6.45, 7) is 4.15. The number of aromatic nitrogens is 2. The van der Waals surface area contributed by atoms with Crippen molar-refractivity contribution in [3.8, 4) is 0 Å². The summed E-state index contributed by atoms with van der Waals surface area (Å²) in [6.07, 6.45) is 0.998. The second kappa shape index (κ2) is 7.81. The summed E-state index contributed by atoms with van der Waals surface area (Å²) >= 11 is 1.78. The van der Waals surface area contributed by atoms with Crippen molar-refractivity contribution in [3.05, 3.63) is 34.3 Å². The summed E-state index contributed by atoms with van der Waals surface area (Å²) in [7, 11) is 1.65. The number of hydrogen-bond acceptors (Lipinski definition) is 6. The van der Waals surface area contributed by atoms with Crippen molar-refractivity contribution >= 4 is 23.0 Å². The Kier molecular flexibility index (Phi) is 5.76. The fourth-order valence-electron chi connectivity index (χ4n) is 1.82. The van der Waals surface area contributed by atoms with Crippen LogP contribution < -0.4 is 10.6 Å². The van der Waals surface area contributed by atoms with E-state index in [1.165, 1.54) is 4.88 Å². The zero-order valence-electron chi connectivity index (χ0n) is 11.8. The number of nitrogens with zero attached hydrogens (tertiary/aromatic N) is 2. The van der Waals surface area contributed by atoms with E-state index < -0.39 is 0 Å². The molecular weight excluding hydrogens is 272 g/mol. The number of hydrogen-bond donors (Lipinski definition) is 2. The third-order valence-corrected chi connectivity index (χ3v) is 3.60. The van der Waals surface area contributed by atoms with Crippen LogP contribution in [-0.4, -0.2) is 30.2 Å². The Morgan fingerprint density at radius 1 is 1.25 bits per heavy atom. The number of nitrogens with one attached hydrogen (secondary N) is 2. The van der Waals surface area contributed by atoms with Crippen molar-refractivity contribution in [2.24, 2.45) is 0 Å². The zero-order valence-corrected chi connectivity index (χ0v) is 12.7. The molecule has 6 heteroatoms. The van der Waals surface area contributed by atoms with Gasteiger partial charge in [-0.2, -0.15) is 0 Å². The fraction of sp³-hybridized carbons (Fsp3) is 0.429. The Labute approximate surface area is 123 Å². The minimum Gasteiger partial charge on any atom is -0.377 e. The van der Waals surface area contributed by atoms with Gasteiger partial charge in [0, 0.05) is 31.1 Å². The Morgan fingerprint density at radius 3 is 2.70 bits per heavy atom. The van der Waals surface area contributed by atoms with E-state index in [-0.39, 0.29) is 0 Å². The first-order valence-electron chi connectivity index (χ1n) is 6.69. The molecule has 0 bridgehead atoms. The summed E-state index contributed by atoms with van der Waals surface area (Å²) < 4.78 is 5.10. The van der Waals surface area contributed by atoms with Gasteiger partial charge in [0.15, 0.2) is 5.82 Å². The van der Waals surface area contributed by atoms with Crippen LogP contribution in [0.1, 0.15) is 17.6 Å². The number of methoxy groups -OCH3 is 1. The average Bonchev–Trinajstić information content (AvgIpc) is 2.92. The molecule has 0 atom stereocenters. The van der Waals surface area contributed by atoms with E-state index >= 15 is 0 Å². The molecule has 2 rings (SSSR count). The molecule has 2 heterocycles. The SMILES string of the molecule is CCNc1cc(NCCc2cccs2)nc(COC)n1. The quantitative estimate of drug-likeness (QED) is 0.783. The van der Waals surface area contributed by atoms with Gasteiger partial charge in [-0.1, -0.05) is 6.07 Å². The molecule has 0 saturated carbocycles. The lowest BCUT2D eigenvalue weighted by molar-refractivity contribution is 0.178. The van der Waals surface area contributed by atoms with E-state index in [4.69, 9.17) is 4.74 Å². The van der Waals surface area contributed by atoms with E-state index in [0.29, 0.717) is 12.4 Å². The maximum atomic E-state index is 5.10. The molecule has 2 aromatic heterocycles.